The Kier molecular flexibility index (Phi) is 6.69. The molecule has 0 unspecified atom stereocenters. The molecule has 5 nitrogen and oxygen atoms in total. The normalized spacial score (nSPS) is 14.2. The fraction of sp³-hybridized carbons (Fsp3) is 0.179. The fourth-order valence-corrected chi connectivity index (χ4v) is 6.01. The van der Waals surface area contributed by atoms with E-state index in [0.717, 1.165) is 35.2 Å². The first-order valence-electron chi connectivity index (χ1n) is 11.9. The highest BCUT2D eigenvalue weighted by molar-refractivity contribution is 6.36. The van der Waals surface area contributed by atoms with Crippen molar-refractivity contribution < 1.29 is 4.42 Å². The van der Waals surface area contributed by atoms with E-state index in [2.05, 4.69) is 17.1 Å². The van der Waals surface area contributed by atoms with Crippen molar-refractivity contribution in [2.75, 3.05) is 0 Å². The Bertz CT molecular complexity index is 1670. The Morgan fingerprint density at radius 2 is 1.47 bits per heavy atom. The third-order valence-electron chi connectivity index (χ3n) is 6.83. The number of hydrogen-bond donors (Lipinski definition) is 0. The van der Waals surface area contributed by atoms with Gasteiger partial charge in [-0.25, -0.2) is 4.68 Å². The molecule has 0 aliphatic heterocycles. The largest absolute Gasteiger partial charge is 0.418 e. The predicted octanol–water partition coefficient (Wildman–Crippen LogP) is 9.50. The monoisotopic (exact) mass is 602 g/mol. The van der Waals surface area contributed by atoms with Crippen LogP contribution >= 0.6 is 58.0 Å². The van der Waals surface area contributed by atoms with E-state index >= 15 is 0 Å². The van der Waals surface area contributed by atoms with Crippen LogP contribution in [0, 0.1) is 0 Å². The SMILES string of the molecule is CCc1c(-c2nnc(C3(c4ccc(Cl)cc4Cl)CC3)o2)nn(-c2ccc(Cl)cc2Cl)c1-c1ccc(Cl)cc1. The van der Waals surface area contributed by atoms with Crippen molar-refractivity contribution in [3.63, 3.8) is 0 Å². The quantitative estimate of drug-likeness (QED) is 0.194. The van der Waals surface area contributed by atoms with Crippen LogP contribution in [0.5, 0.6) is 0 Å². The lowest BCUT2D eigenvalue weighted by Gasteiger charge is -2.13. The summed E-state index contributed by atoms with van der Waals surface area (Å²) < 4.78 is 8.12. The van der Waals surface area contributed by atoms with Crippen LogP contribution < -0.4 is 0 Å². The minimum Gasteiger partial charge on any atom is -0.418 e. The summed E-state index contributed by atoms with van der Waals surface area (Å²) in [5.74, 6) is 0.832. The van der Waals surface area contributed by atoms with E-state index in [-0.39, 0.29) is 0 Å². The standard InChI is InChI=1S/C28H19Cl5N4O/c1-2-19-24(26-34-35-27(38-26)28(11-12-28)20-9-7-17(30)13-21(20)32)36-37(23-10-8-18(31)14-22(23)33)25(19)15-3-5-16(29)6-4-15/h3-10,13-14H,2,11-12H2,1H3. The highest BCUT2D eigenvalue weighted by Crippen LogP contribution is 2.55. The molecule has 3 aromatic carbocycles. The van der Waals surface area contributed by atoms with Crippen molar-refractivity contribution >= 4 is 58.0 Å². The molecule has 192 valence electrons. The summed E-state index contributed by atoms with van der Waals surface area (Å²) in [6.07, 6.45) is 2.35. The van der Waals surface area contributed by atoms with Gasteiger partial charge in [0.05, 0.1) is 21.8 Å². The molecule has 0 saturated heterocycles. The molecule has 0 amide bonds. The maximum atomic E-state index is 6.63. The molecule has 38 heavy (non-hydrogen) atoms. The third-order valence-corrected chi connectivity index (χ3v) is 8.16. The summed E-state index contributed by atoms with van der Waals surface area (Å²) in [6, 6.07) is 18.4. The molecule has 1 aliphatic rings. The van der Waals surface area contributed by atoms with Crippen molar-refractivity contribution in [3.8, 4) is 28.5 Å². The molecule has 0 N–H and O–H groups in total. The van der Waals surface area contributed by atoms with Gasteiger partial charge in [0.1, 0.15) is 0 Å². The molecule has 0 bridgehead atoms. The zero-order chi connectivity index (χ0) is 26.6. The average molecular weight is 605 g/mol. The van der Waals surface area contributed by atoms with Crippen LogP contribution in [0.15, 0.2) is 65.1 Å². The van der Waals surface area contributed by atoms with Gasteiger partial charge in [0.15, 0.2) is 5.69 Å². The van der Waals surface area contributed by atoms with Gasteiger partial charge in [-0.2, -0.15) is 5.10 Å². The Hall–Kier alpha value is -2.54. The molecule has 2 heterocycles. The molecule has 1 saturated carbocycles. The molecular weight excluding hydrogens is 586 g/mol. The maximum Gasteiger partial charge on any atom is 0.268 e. The summed E-state index contributed by atoms with van der Waals surface area (Å²) in [4.78, 5) is 0. The number of aromatic nitrogens is 4. The van der Waals surface area contributed by atoms with Crippen molar-refractivity contribution in [1.82, 2.24) is 20.0 Å². The van der Waals surface area contributed by atoms with E-state index in [4.69, 9.17) is 67.5 Å². The Morgan fingerprint density at radius 3 is 2.11 bits per heavy atom. The zero-order valence-electron chi connectivity index (χ0n) is 20.0. The van der Waals surface area contributed by atoms with E-state index in [0.29, 0.717) is 54.7 Å². The Morgan fingerprint density at radius 1 is 0.816 bits per heavy atom. The van der Waals surface area contributed by atoms with Gasteiger partial charge in [0.25, 0.3) is 5.89 Å². The summed E-state index contributed by atoms with van der Waals surface area (Å²) in [6.45, 7) is 2.06. The summed E-state index contributed by atoms with van der Waals surface area (Å²) in [5.41, 5.74) is 4.46. The van der Waals surface area contributed by atoms with Gasteiger partial charge in [-0.3, -0.25) is 0 Å². The number of benzene rings is 3. The van der Waals surface area contributed by atoms with Crippen LogP contribution in [0.2, 0.25) is 25.1 Å². The van der Waals surface area contributed by atoms with Gasteiger partial charge >= 0.3 is 0 Å². The molecule has 2 aromatic heterocycles. The fourth-order valence-electron chi connectivity index (χ4n) is 4.80. The Labute approximate surface area is 244 Å². The molecule has 10 heteroatoms. The number of rotatable bonds is 6. The van der Waals surface area contributed by atoms with E-state index in [9.17, 15) is 0 Å². The second-order valence-corrected chi connectivity index (χ2v) is 11.3. The first-order valence-corrected chi connectivity index (χ1v) is 13.8. The van der Waals surface area contributed by atoms with E-state index in [1.54, 1.807) is 22.9 Å². The highest BCUT2D eigenvalue weighted by Gasteiger charge is 2.52. The van der Waals surface area contributed by atoms with Crippen molar-refractivity contribution in [1.29, 1.82) is 0 Å². The van der Waals surface area contributed by atoms with Crippen LogP contribution in [0.4, 0.5) is 0 Å². The summed E-state index contributed by atoms with van der Waals surface area (Å²) in [7, 11) is 0. The van der Waals surface area contributed by atoms with Crippen LogP contribution in [0.1, 0.15) is 36.8 Å². The molecule has 1 aliphatic carbocycles. The van der Waals surface area contributed by atoms with E-state index in [1.807, 2.05) is 42.5 Å². The minimum absolute atomic E-state index is 0.326. The molecule has 1 fully saturated rings. The molecular formula is C28H19Cl5N4O. The van der Waals surface area contributed by atoms with Crippen LogP contribution in [-0.4, -0.2) is 20.0 Å². The number of hydrogen-bond acceptors (Lipinski definition) is 4. The van der Waals surface area contributed by atoms with Gasteiger partial charge in [0.2, 0.25) is 5.89 Å². The topological polar surface area (TPSA) is 56.7 Å². The molecule has 6 rings (SSSR count). The van der Waals surface area contributed by atoms with Crippen LogP contribution in [0.25, 0.3) is 28.5 Å². The van der Waals surface area contributed by atoms with Gasteiger partial charge < -0.3 is 4.42 Å². The summed E-state index contributed by atoms with van der Waals surface area (Å²) in [5, 5.41) is 16.6. The second kappa shape index (κ2) is 9.89. The van der Waals surface area contributed by atoms with Crippen molar-refractivity contribution in [2.24, 2.45) is 0 Å². The first kappa shape index (κ1) is 25.7. The lowest BCUT2D eigenvalue weighted by molar-refractivity contribution is 0.470. The molecule has 0 atom stereocenters. The van der Waals surface area contributed by atoms with E-state index in [1.165, 1.54) is 0 Å². The number of nitrogens with zero attached hydrogens (tertiary/aromatic N) is 4. The highest BCUT2D eigenvalue weighted by atomic mass is 35.5. The molecule has 5 aromatic rings. The van der Waals surface area contributed by atoms with Crippen LogP contribution in [0.3, 0.4) is 0 Å². The minimum atomic E-state index is -0.430. The molecule has 0 radical (unpaired) electrons. The number of halogens is 5. The third kappa shape index (κ3) is 4.41. The zero-order valence-corrected chi connectivity index (χ0v) is 23.8. The lowest BCUT2D eigenvalue weighted by Crippen LogP contribution is -2.09. The second-order valence-electron chi connectivity index (χ2n) is 9.16. The Balaban J connectivity index is 1.51. The maximum absolute atomic E-state index is 6.63. The predicted molar refractivity (Wildman–Crippen MR) is 153 cm³/mol. The lowest BCUT2D eigenvalue weighted by atomic mass is 9.96. The van der Waals surface area contributed by atoms with Gasteiger partial charge in [-0.1, -0.05) is 83.1 Å². The van der Waals surface area contributed by atoms with Crippen LogP contribution in [-0.2, 0) is 11.8 Å². The van der Waals surface area contributed by atoms with Gasteiger partial charge in [-0.05, 0) is 67.3 Å². The van der Waals surface area contributed by atoms with Crippen molar-refractivity contribution in [3.05, 3.63) is 103 Å². The van der Waals surface area contributed by atoms with Gasteiger partial charge in [0, 0.05) is 31.2 Å². The van der Waals surface area contributed by atoms with Gasteiger partial charge in [-0.15, -0.1) is 10.2 Å². The molecule has 0 spiro atoms. The average Bonchev–Trinajstić information content (AvgIpc) is 3.37. The summed E-state index contributed by atoms with van der Waals surface area (Å²) >= 11 is 31.7. The first-order chi connectivity index (χ1) is 18.3. The smallest absolute Gasteiger partial charge is 0.268 e. The van der Waals surface area contributed by atoms with E-state index < -0.39 is 5.41 Å². The van der Waals surface area contributed by atoms with Crippen molar-refractivity contribution in [2.45, 2.75) is 31.6 Å².